The van der Waals surface area contributed by atoms with Gasteiger partial charge in [-0.3, -0.25) is 0 Å². The Labute approximate surface area is 67.6 Å². The summed E-state index contributed by atoms with van der Waals surface area (Å²) in [5, 5.41) is 0. The second kappa shape index (κ2) is 2.57. The van der Waals surface area contributed by atoms with Crippen molar-refractivity contribution >= 4 is 5.69 Å². The summed E-state index contributed by atoms with van der Waals surface area (Å²) in [6, 6.07) is 9.50. The molecule has 1 heterocycles. The van der Waals surface area contributed by atoms with Crippen LogP contribution < -0.4 is 4.90 Å². The Kier molecular flexibility index (Phi) is 1.57. The van der Waals surface area contributed by atoms with Gasteiger partial charge in [0.1, 0.15) is 0 Å². The first-order valence-electron chi connectivity index (χ1n) is 4.08. The van der Waals surface area contributed by atoms with E-state index in [-0.39, 0.29) is 0 Å². The van der Waals surface area contributed by atoms with Crippen molar-refractivity contribution in [3.63, 3.8) is 0 Å². The van der Waals surface area contributed by atoms with Crippen LogP contribution in [0.4, 0.5) is 5.69 Å². The van der Waals surface area contributed by atoms with E-state index in [9.17, 15) is 0 Å². The molecule has 1 aromatic rings. The van der Waals surface area contributed by atoms with E-state index in [4.69, 9.17) is 0 Å². The zero-order valence-corrected chi connectivity index (χ0v) is 6.80. The Balaban J connectivity index is 2.44. The first kappa shape index (κ1) is 6.71. The monoisotopic (exact) mass is 146 g/mol. The Bertz CT molecular complexity index is 255. The Morgan fingerprint density at radius 1 is 1.55 bits per heavy atom. The average molecular weight is 146 g/mol. The fraction of sp³-hybridized carbons (Fsp3) is 0.400. The molecule has 1 heteroatoms. The van der Waals surface area contributed by atoms with Crippen LogP contribution in [0.1, 0.15) is 12.0 Å². The SMILES string of the molecule is CN1CCCc2[c]cccc21. The van der Waals surface area contributed by atoms with Crippen molar-refractivity contribution < 1.29 is 0 Å². The Morgan fingerprint density at radius 2 is 2.45 bits per heavy atom. The molecule has 1 nitrogen and oxygen atoms in total. The van der Waals surface area contributed by atoms with E-state index in [0.29, 0.717) is 0 Å². The molecule has 2 rings (SSSR count). The summed E-state index contributed by atoms with van der Waals surface area (Å²) in [7, 11) is 2.14. The fourth-order valence-electron chi connectivity index (χ4n) is 1.63. The van der Waals surface area contributed by atoms with Crippen LogP contribution in [0, 0.1) is 6.07 Å². The second-order valence-electron chi connectivity index (χ2n) is 3.06. The molecule has 0 atom stereocenters. The van der Waals surface area contributed by atoms with Crippen molar-refractivity contribution in [1.82, 2.24) is 0 Å². The van der Waals surface area contributed by atoms with Crippen LogP contribution in [-0.2, 0) is 6.42 Å². The highest BCUT2D eigenvalue weighted by Gasteiger charge is 2.11. The molecule has 0 bridgehead atoms. The van der Waals surface area contributed by atoms with Crippen LogP contribution in [0.5, 0.6) is 0 Å². The minimum Gasteiger partial charge on any atom is -0.374 e. The van der Waals surface area contributed by atoms with E-state index < -0.39 is 0 Å². The average Bonchev–Trinajstić information content (AvgIpc) is 2.06. The van der Waals surface area contributed by atoms with Gasteiger partial charge in [0.25, 0.3) is 0 Å². The van der Waals surface area contributed by atoms with E-state index in [1.54, 1.807) is 0 Å². The molecule has 1 radical (unpaired) electrons. The van der Waals surface area contributed by atoms with Crippen LogP contribution in [0.2, 0.25) is 0 Å². The standard InChI is InChI=1S/C10H12N/c1-11-8-4-6-9-5-2-3-7-10(9)11/h2-3,7H,4,6,8H2,1H3. The lowest BCUT2D eigenvalue weighted by Gasteiger charge is -2.26. The lowest BCUT2D eigenvalue weighted by atomic mass is 10.0. The van der Waals surface area contributed by atoms with Gasteiger partial charge in [-0.1, -0.05) is 12.1 Å². The van der Waals surface area contributed by atoms with Gasteiger partial charge in [0.15, 0.2) is 0 Å². The number of hydrogen-bond donors (Lipinski definition) is 0. The number of fused-ring (bicyclic) bond motifs is 1. The van der Waals surface area contributed by atoms with Crippen LogP contribution in [0.3, 0.4) is 0 Å². The molecule has 0 saturated carbocycles. The minimum absolute atomic E-state index is 1.19. The van der Waals surface area contributed by atoms with Gasteiger partial charge in [0, 0.05) is 19.3 Å². The lowest BCUT2D eigenvalue weighted by molar-refractivity contribution is 0.744. The van der Waals surface area contributed by atoms with Crippen molar-refractivity contribution in [3.05, 3.63) is 29.8 Å². The number of nitrogens with zero attached hydrogens (tertiary/aromatic N) is 1. The van der Waals surface area contributed by atoms with Crippen LogP contribution >= 0.6 is 0 Å². The molecule has 1 aliphatic rings. The highest BCUT2D eigenvalue weighted by atomic mass is 15.1. The molecule has 1 aromatic carbocycles. The molecular formula is C10H12N. The van der Waals surface area contributed by atoms with E-state index in [0.717, 1.165) is 0 Å². The van der Waals surface area contributed by atoms with Crippen molar-refractivity contribution in [2.45, 2.75) is 12.8 Å². The minimum atomic E-state index is 1.19. The first-order chi connectivity index (χ1) is 5.38. The van der Waals surface area contributed by atoms with Gasteiger partial charge in [0.2, 0.25) is 0 Å². The predicted octanol–water partition coefficient (Wildman–Crippen LogP) is 1.87. The third-order valence-electron chi connectivity index (χ3n) is 2.25. The number of hydrogen-bond acceptors (Lipinski definition) is 1. The zero-order valence-electron chi connectivity index (χ0n) is 6.80. The second-order valence-corrected chi connectivity index (χ2v) is 3.06. The summed E-state index contributed by atoms with van der Waals surface area (Å²) in [5.41, 5.74) is 2.74. The molecule has 1 aliphatic heterocycles. The third kappa shape index (κ3) is 1.11. The number of benzene rings is 1. The first-order valence-corrected chi connectivity index (χ1v) is 4.08. The van der Waals surface area contributed by atoms with Gasteiger partial charge in [-0.25, -0.2) is 0 Å². The lowest BCUT2D eigenvalue weighted by Crippen LogP contribution is -2.24. The quantitative estimate of drug-likeness (QED) is 0.540. The van der Waals surface area contributed by atoms with Gasteiger partial charge < -0.3 is 4.90 Å². The topological polar surface area (TPSA) is 3.24 Å². The maximum Gasteiger partial charge on any atom is 0.0402 e. The van der Waals surface area contributed by atoms with E-state index in [1.807, 2.05) is 6.07 Å². The van der Waals surface area contributed by atoms with Crippen molar-refractivity contribution in [3.8, 4) is 0 Å². The molecule has 0 unspecified atom stereocenters. The summed E-state index contributed by atoms with van der Waals surface area (Å²) in [6.45, 7) is 1.19. The summed E-state index contributed by atoms with van der Waals surface area (Å²) in [5.74, 6) is 0. The summed E-state index contributed by atoms with van der Waals surface area (Å²) in [4.78, 5) is 2.30. The molecule has 0 aliphatic carbocycles. The van der Waals surface area contributed by atoms with Gasteiger partial charge in [0.05, 0.1) is 0 Å². The summed E-state index contributed by atoms with van der Waals surface area (Å²) >= 11 is 0. The molecule has 0 amide bonds. The van der Waals surface area contributed by atoms with Crippen LogP contribution in [0.15, 0.2) is 18.2 Å². The number of anilines is 1. The number of rotatable bonds is 0. The third-order valence-corrected chi connectivity index (χ3v) is 2.25. The smallest absolute Gasteiger partial charge is 0.0402 e. The maximum atomic E-state index is 3.28. The fourth-order valence-corrected chi connectivity index (χ4v) is 1.63. The number of aryl methyl sites for hydroxylation is 1. The molecule has 0 N–H and O–H groups in total. The normalized spacial score (nSPS) is 16.3. The van der Waals surface area contributed by atoms with Gasteiger partial charge >= 0.3 is 0 Å². The predicted molar refractivity (Wildman–Crippen MR) is 46.9 cm³/mol. The van der Waals surface area contributed by atoms with Crippen molar-refractivity contribution in [2.75, 3.05) is 18.5 Å². The van der Waals surface area contributed by atoms with Gasteiger partial charge in [-0.15, -0.1) is 0 Å². The molecule has 0 fully saturated rings. The molecule has 11 heavy (non-hydrogen) atoms. The van der Waals surface area contributed by atoms with Crippen LogP contribution in [0.25, 0.3) is 0 Å². The molecular weight excluding hydrogens is 134 g/mol. The van der Waals surface area contributed by atoms with Crippen molar-refractivity contribution in [1.29, 1.82) is 0 Å². The van der Waals surface area contributed by atoms with Crippen LogP contribution in [-0.4, -0.2) is 13.6 Å². The Hall–Kier alpha value is -0.980. The highest BCUT2D eigenvalue weighted by Crippen LogP contribution is 2.24. The molecule has 0 spiro atoms. The van der Waals surface area contributed by atoms with Crippen molar-refractivity contribution in [2.24, 2.45) is 0 Å². The zero-order chi connectivity index (χ0) is 7.68. The summed E-state index contributed by atoms with van der Waals surface area (Å²) < 4.78 is 0. The largest absolute Gasteiger partial charge is 0.374 e. The van der Waals surface area contributed by atoms with Gasteiger partial charge in [-0.05, 0) is 30.5 Å². The molecule has 57 valence electrons. The molecule has 0 aromatic heterocycles. The van der Waals surface area contributed by atoms with E-state index >= 15 is 0 Å². The van der Waals surface area contributed by atoms with E-state index in [1.165, 1.54) is 30.6 Å². The molecule has 0 saturated heterocycles. The highest BCUT2D eigenvalue weighted by molar-refractivity contribution is 5.54. The summed E-state index contributed by atoms with van der Waals surface area (Å²) in [6.07, 6.45) is 2.46. The van der Waals surface area contributed by atoms with Gasteiger partial charge in [-0.2, -0.15) is 0 Å². The maximum absolute atomic E-state index is 3.28. The Morgan fingerprint density at radius 3 is 3.27 bits per heavy atom. The van der Waals surface area contributed by atoms with E-state index in [2.05, 4.69) is 30.1 Å².